The second-order valence-corrected chi connectivity index (χ2v) is 8.90. The fourth-order valence-corrected chi connectivity index (χ4v) is 4.67. The van der Waals surface area contributed by atoms with Crippen LogP contribution in [0.5, 0.6) is 5.75 Å². The Morgan fingerprint density at radius 2 is 1.94 bits per heavy atom. The fraction of sp³-hybridized carbons (Fsp3) is 0.462. The number of ether oxygens (including phenoxy) is 3. The Morgan fingerprint density at radius 3 is 2.85 bits per heavy atom. The summed E-state index contributed by atoms with van der Waals surface area (Å²) in [6, 6.07) is 11.6. The standard InChI is InChI=1S/C26H32N4O4/c31-26(22-3-1-4-23(18-22)34-16-11-28-9-13-32-14-10-28)30-12-15-33-20-21(19-30)17-24-25-5-2-7-29(25)8-6-27-24/h1-8,18,21H,9-17,19-20H2. The third-order valence-corrected chi connectivity index (χ3v) is 6.50. The highest BCUT2D eigenvalue weighted by atomic mass is 16.5. The smallest absolute Gasteiger partial charge is 0.254 e. The number of hydrogen-bond donors (Lipinski definition) is 0. The summed E-state index contributed by atoms with van der Waals surface area (Å²) in [7, 11) is 0. The van der Waals surface area contributed by atoms with Gasteiger partial charge in [0.15, 0.2) is 0 Å². The Balaban J connectivity index is 1.21. The zero-order valence-electron chi connectivity index (χ0n) is 19.5. The van der Waals surface area contributed by atoms with Gasteiger partial charge in [-0.25, -0.2) is 0 Å². The number of morpholine rings is 1. The van der Waals surface area contributed by atoms with Crippen LogP contribution in [-0.4, -0.2) is 90.8 Å². The summed E-state index contributed by atoms with van der Waals surface area (Å²) in [6.07, 6.45) is 6.57. The van der Waals surface area contributed by atoms with Crippen LogP contribution >= 0.6 is 0 Å². The first-order valence-corrected chi connectivity index (χ1v) is 12.1. The predicted octanol–water partition coefficient (Wildman–Crippen LogP) is 2.38. The zero-order chi connectivity index (χ0) is 23.2. The van der Waals surface area contributed by atoms with Crippen molar-refractivity contribution in [3.8, 4) is 5.75 Å². The Morgan fingerprint density at radius 1 is 1.06 bits per heavy atom. The van der Waals surface area contributed by atoms with Gasteiger partial charge >= 0.3 is 0 Å². The molecule has 0 spiro atoms. The number of rotatable bonds is 7. The molecule has 34 heavy (non-hydrogen) atoms. The third-order valence-electron chi connectivity index (χ3n) is 6.50. The van der Waals surface area contributed by atoms with Crippen molar-refractivity contribution in [1.29, 1.82) is 0 Å². The molecule has 180 valence electrons. The number of benzene rings is 1. The lowest BCUT2D eigenvalue weighted by Gasteiger charge is -2.26. The first kappa shape index (κ1) is 22.8. The van der Waals surface area contributed by atoms with Crippen molar-refractivity contribution in [2.45, 2.75) is 6.42 Å². The van der Waals surface area contributed by atoms with E-state index in [1.165, 1.54) is 0 Å². The molecule has 0 radical (unpaired) electrons. The topological polar surface area (TPSA) is 68.5 Å². The van der Waals surface area contributed by atoms with Crippen LogP contribution in [0.2, 0.25) is 0 Å². The average molecular weight is 465 g/mol. The number of carbonyl (C=O) groups excluding carboxylic acids is 1. The van der Waals surface area contributed by atoms with Crippen molar-refractivity contribution in [3.05, 3.63) is 66.2 Å². The SMILES string of the molecule is O=C(c1cccc(OCCN2CCOCC2)c1)N1CCOCC(Cc2nccn3cccc23)C1. The lowest BCUT2D eigenvalue weighted by atomic mass is 10.0. The first-order valence-electron chi connectivity index (χ1n) is 12.1. The first-order chi connectivity index (χ1) is 16.8. The molecule has 5 rings (SSSR count). The quantitative estimate of drug-likeness (QED) is 0.535. The van der Waals surface area contributed by atoms with E-state index in [0.717, 1.165) is 56.2 Å². The summed E-state index contributed by atoms with van der Waals surface area (Å²) < 4.78 is 19.3. The van der Waals surface area contributed by atoms with Gasteiger partial charge in [-0.1, -0.05) is 6.07 Å². The molecule has 0 N–H and O–H groups in total. The van der Waals surface area contributed by atoms with Gasteiger partial charge in [-0.05, 0) is 36.8 Å². The monoisotopic (exact) mass is 464 g/mol. The maximum Gasteiger partial charge on any atom is 0.254 e. The van der Waals surface area contributed by atoms with E-state index < -0.39 is 0 Å². The second-order valence-electron chi connectivity index (χ2n) is 8.90. The minimum atomic E-state index is 0.0167. The average Bonchev–Trinajstić information content (AvgIpc) is 3.24. The molecular formula is C26H32N4O4. The van der Waals surface area contributed by atoms with Gasteiger partial charge in [0.25, 0.3) is 5.91 Å². The number of amides is 1. The molecule has 8 nitrogen and oxygen atoms in total. The Labute approximate surface area is 200 Å². The van der Waals surface area contributed by atoms with Crippen molar-refractivity contribution >= 4 is 11.4 Å². The third kappa shape index (κ3) is 5.58. The largest absolute Gasteiger partial charge is 0.492 e. The molecule has 2 aliphatic rings. The van der Waals surface area contributed by atoms with Gasteiger partial charge < -0.3 is 23.5 Å². The van der Waals surface area contributed by atoms with Gasteiger partial charge in [0.05, 0.1) is 37.6 Å². The van der Waals surface area contributed by atoms with Gasteiger partial charge in [0.1, 0.15) is 12.4 Å². The highest BCUT2D eigenvalue weighted by Crippen LogP contribution is 2.20. The summed E-state index contributed by atoms with van der Waals surface area (Å²) in [5.74, 6) is 0.932. The molecule has 1 aromatic carbocycles. The van der Waals surface area contributed by atoms with Gasteiger partial charge in [0.2, 0.25) is 0 Å². The number of nitrogens with zero attached hydrogens (tertiary/aromatic N) is 4. The maximum atomic E-state index is 13.4. The lowest BCUT2D eigenvalue weighted by Crippen LogP contribution is -2.38. The van der Waals surface area contributed by atoms with Crippen molar-refractivity contribution in [2.24, 2.45) is 5.92 Å². The van der Waals surface area contributed by atoms with Crippen LogP contribution < -0.4 is 4.74 Å². The molecule has 4 heterocycles. The van der Waals surface area contributed by atoms with E-state index in [1.54, 1.807) is 0 Å². The van der Waals surface area contributed by atoms with E-state index in [-0.39, 0.29) is 11.8 Å². The van der Waals surface area contributed by atoms with Crippen LogP contribution in [0.1, 0.15) is 16.1 Å². The molecule has 2 fully saturated rings. The van der Waals surface area contributed by atoms with Crippen molar-refractivity contribution in [3.63, 3.8) is 0 Å². The molecule has 8 heteroatoms. The molecule has 1 atom stereocenters. The molecule has 2 saturated heterocycles. The maximum absolute atomic E-state index is 13.4. The van der Waals surface area contributed by atoms with E-state index in [0.29, 0.717) is 38.5 Å². The van der Waals surface area contributed by atoms with Crippen molar-refractivity contribution in [1.82, 2.24) is 19.2 Å². The van der Waals surface area contributed by atoms with E-state index in [2.05, 4.69) is 20.4 Å². The molecule has 1 unspecified atom stereocenters. The van der Waals surface area contributed by atoms with E-state index in [1.807, 2.05) is 53.8 Å². The second kappa shape index (κ2) is 11.0. The van der Waals surface area contributed by atoms with Crippen molar-refractivity contribution < 1.29 is 19.0 Å². The highest BCUT2D eigenvalue weighted by molar-refractivity contribution is 5.94. The van der Waals surface area contributed by atoms with Crippen LogP contribution in [-0.2, 0) is 15.9 Å². The lowest BCUT2D eigenvalue weighted by molar-refractivity contribution is 0.0322. The number of aromatic nitrogens is 2. The summed E-state index contributed by atoms with van der Waals surface area (Å²) in [5.41, 5.74) is 2.79. The minimum Gasteiger partial charge on any atom is -0.492 e. The predicted molar refractivity (Wildman–Crippen MR) is 128 cm³/mol. The summed E-state index contributed by atoms with van der Waals surface area (Å²) in [4.78, 5) is 22.2. The molecule has 2 aromatic heterocycles. The number of carbonyl (C=O) groups is 1. The van der Waals surface area contributed by atoms with Gasteiger partial charge in [-0.2, -0.15) is 0 Å². The summed E-state index contributed by atoms with van der Waals surface area (Å²) in [5, 5.41) is 0. The molecule has 0 bridgehead atoms. The Hall–Kier alpha value is -2.94. The highest BCUT2D eigenvalue weighted by Gasteiger charge is 2.25. The van der Waals surface area contributed by atoms with Crippen LogP contribution in [0.4, 0.5) is 0 Å². The number of fused-ring (bicyclic) bond motifs is 1. The summed E-state index contributed by atoms with van der Waals surface area (Å²) >= 11 is 0. The molecule has 0 aliphatic carbocycles. The number of hydrogen-bond acceptors (Lipinski definition) is 6. The summed E-state index contributed by atoms with van der Waals surface area (Å²) in [6.45, 7) is 7.28. The van der Waals surface area contributed by atoms with E-state index >= 15 is 0 Å². The molecular weight excluding hydrogens is 432 g/mol. The fourth-order valence-electron chi connectivity index (χ4n) is 4.67. The van der Waals surface area contributed by atoms with E-state index in [9.17, 15) is 4.79 Å². The molecule has 1 amide bonds. The van der Waals surface area contributed by atoms with Gasteiger partial charge in [-0.3, -0.25) is 14.7 Å². The van der Waals surface area contributed by atoms with E-state index in [4.69, 9.17) is 14.2 Å². The Kier molecular flexibility index (Phi) is 7.38. The molecule has 3 aromatic rings. The zero-order valence-corrected chi connectivity index (χ0v) is 19.5. The molecule has 2 aliphatic heterocycles. The normalized spacial score (nSPS) is 19.8. The van der Waals surface area contributed by atoms with Crippen molar-refractivity contribution in [2.75, 3.05) is 65.8 Å². The van der Waals surface area contributed by atoms with Crippen LogP contribution in [0, 0.1) is 5.92 Å². The minimum absolute atomic E-state index is 0.0167. The van der Waals surface area contributed by atoms with Gasteiger partial charge in [-0.15, -0.1) is 0 Å². The van der Waals surface area contributed by atoms with Gasteiger partial charge in [0, 0.05) is 62.8 Å². The van der Waals surface area contributed by atoms with Crippen LogP contribution in [0.3, 0.4) is 0 Å². The van der Waals surface area contributed by atoms with Crippen LogP contribution in [0.25, 0.3) is 5.52 Å². The Bertz CT molecular complexity index is 1100. The molecule has 0 saturated carbocycles. The van der Waals surface area contributed by atoms with Crippen LogP contribution in [0.15, 0.2) is 55.0 Å².